The Morgan fingerprint density at radius 1 is 0.808 bits per heavy atom. The third-order valence-corrected chi connectivity index (χ3v) is 4.05. The van der Waals surface area contributed by atoms with Crippen LogP contribution in [0, 0.1) is 5.41 Å². The minimum Gasteiger partial charge on any atom is -0.481 e. The van der Waals surface area contributed by atoms with Crippen LogP contribution in [0.3, 0.4) is 0 Å². The van der Waals surface area contributed by atoms with Gasteiger partial charge in [-0.2, -0.15) is 0 Å². The number of hydrogen-bond donors (Lipinski definition) is 2. The van der Waals surface area contributed by atoms with Gasteiger partial charge < -0.3 is 14.9 Å². The Bertz CT molecular complexity index is 713. The summed E-state index contributed by atoms with van der Waals surface area (Å²) in [5, 5.41) is 18.6. The number of carboxylic acids is 2. The predicted molar refractivity (Wildman–Crippen MR) is 93.6 cm³/mol. The summed E-state index contributed by atoms with van der Waals surface area (Å²) >= 11 is 0. The standard InChI is InChI=1S/C20H20O6/c21-17(22)11-12-26-19(25)20(18(23)24,13-15-7-3-1-4-8-15)14-16-9-5-2-6-10-16/h1-10H,11-14H2,(H,21,22)(H,23,24). The zero-order chi connectivity index (χ0) is 19.0. The van der Waals surface area contributed by atoms with Gasteiger partial charge in [-0.1, -0.05) is 60.7 Å². The predicted octanol–water partition coefficient (Wildman–Crippen LogP) is 2.56. The molecule has 0 aromatic heterocycles. The number of rotatable bonds is 9. The molecule has 0 aliphatic carbocycles. The van der Waals surface area contributed by atoms with E-state index in [0.29, 0.717) is 11.1 Å². The minimum atomic E-state index is -1.83. The first-order valence-electron chi connectivity index (χ1n) is 8.14. The summed E-state index contributed by atoms with van der Waals surface area (Å²) in [7, 11) is 0. The van der Waals surface area contributed by atoms with Crippen LogP contribution in [-0.4, -0.2) is 34.7 Å². The van der Waals surface area contributed by atoms with Crippen LogP contribution in [0.15, 0.2) is 60.7 Å². The molecule has 0 saturated heterocycles. The third kappa shape index (κ3) is 4.92. The van der Waals surface area contributed by atoms with Crippen molar-refractivity contribution >= 4 is 17.9 Å². The molecule has 2 aromatic carbocycles. The van der Waals surface area contributed by atoms with Gasteiger partial charge in [-0.15, -0.1) is 0 Å². The Labute approximate surface area is 151 Å². The zero-order valence-electron chi connectivity index (χ0n) is 14.1. The highest BCUT2D eigenvalue weighted by molar-refractivity contribution is 6.00. The topological polar surface area (TPSA) is 101 Å². The van der Waals surface area contributed by atoms with Crippen molar-refractivity contribution in [3.8, 4) is 0 Å². The SMILES string of the molecule is O=C(O)CCOC(=O)C(Cc1ccccc1)(Cc1ccccc1)C(=O)O. The number of carboxylic acid groups (broad SMARTS) is 2. The monoisotopic (exact) mass is 356 g/mol. The summed E-state index contributed by atoms with van der Waals surface area (Å²) in [5.41, 5.74) is -0.469. The fourth-order valence-electron chi connectivity index (χ4n) is 2.70. The molecule has 0 heterocycles. The van der Waals surface area contributed by atoms with Gasteiger partial charge in [-0.05, 0) is 24.0 Å². The van der Waals surface area contributed by atoms with E-state index in [-0.39, 0.29) is 25.9 Å². The molecule has 0 bridgehead atoms. The van der Waals surface area contributed by atoms with Crippen LogP contribution >= 0.6 is 0 Å². The van der Waals surface area contributed by atoms with Gasteiger partial charge in [0.2, 0.25) is 0 Å². The molecular formula is C20H20O6. The van der Waals surface area contributed by atoms with Crippen molar-refractivity contribution in [3.05, 3.63) is 71.8 Å². The third-order valence-electron chi connectivity index (χ3n) is 4.05. The lowest BCUT2D eigenvalue weighted by molar-refractivity contribution is -0.169. The van der Waals surface area contributed by atoms with E-state index in [2.05, 4.69) is 0 Å². The molecule has 6 nitrogen and oxygen atoms in total. The smallest absolute Gasteiger partial charge is 0.324 e. The van der Waals surface area contributed by atoms with Crippen molar-refractivity contribution in [2.45, 2.75) is 19.3 Å². The molecule has 0 aliphatic rings. The number of aliphatic carboxylic acids is 2. The van der Waals surface area contributed by atoms with E-state index < -0.39 is 23.3 Å². The number of carbonyl (C=O) groups is 3. The van der Waals surface area contributed by atoms with Crippen molar-refractivity contribution in [3.63, 3.8) is 0 Å². The quantitative estimate of drug-likeness (QED) is 0.529. The average molecular weight is 356 g/mol. The van der Waals surface area contributed by atoms with Gasteiger partial charge in [-0.25, -0.2) is 0 Å². The first-order chi connectivity index (χ1) is 12.4. The van der Waals surface area contributed by atoms with E-state index >= 15 is 0 Å². The van der Waals surface area contributed by atoms with Gasteiger partial charge >= 0.3 is 17.9 Å². The molecule has 136 valence electrons. The molecule has 0 aliphatic heterocycles. The zero-order valence-corrected chi connectivity index (χ0v) is 14.1. The molecule has 2 aromatic rings. The van der Waals surface area contributed by atoms with Crippen LogP contribution in [-0.2, 0) is 32.0 Å². The van der Waals surface area contributed by atoms with Gasteiger partial charge in [0.05, 0.1) is 6.42 Å². The van der Waals surface area contributed by atoms with Crippen molar-refractivity contribution in [2.75, 3.05) is 6.61 Å². The largest absolute Gasteiger partial charge is 0.481 e. The lowest BCUT2D eigenvalue weighted by Crippen LogP contribution is -2.44. The van der Waals surface area contributed by atoms with Crippen molar-refractivity contribution in [1.82, 2.24) is 0 Å². The first kappa shape index (κ1) is 19.2. The fourth-order valence-corrected chi connectivity index (χ4v) is 2.70. The van der Waals surface area contributed by atoms with Crippen molar-refractivity contribution in [1.29, 1.82) is 0 Å². The minimum absolute atomic E-state index is 0.0516. The molecule has 0 fully saturated rings. The number of benzene rings is 2. The maximum Gasteiger partial charge on any atom is 0.324 e. The molecule has 2 N–H and O–H groups in total. The van der Waals surface area contributed by atoms with E-state index in [1.165, 1.54) is 0 Å². The normalized spacial score (nSPS) is 10.9. The van der Waals surface area contributed by atoms with Gasteiger partial charge in [0, 0.05) is 0 Å². The highest BCUT2D eigenvalue weighted by atomic mass is 16.5. The second kappa shape index (κ2) is 8.80. The first-order valence-corrected chi connectivity index (χ1v) is 8.14. The Balaban J connectivity index is 2.34. The lowest BCUT2D eigenvalue weighted by Gasteiger charge is -2.27. The number of hydrogen-bond acceptors (Lipinski definition) is 4. The van der Waals surface area contributed by atoms with Crippen LogP contribution in [0.1, 0.15) is 17.5 Å². The van der Waals surface area contributed by atoms with E-state index in [9.17, 15) is 19.5 Å². The summed E-state index contributed by atoms with van der Waals surface area (Å²) in [5.74, 6) is -3.35. The van der Waals surface area contributed by atoms with Gasteiger partial charge in [0.15, 0.2) is 5.41 Å². The van der Waals surface area contributed by atoms with Crippen LogP contribution in [0.25, 0.3) is 0 Å². The molecule has 0 saturated carbocycles. The molecule has 6 heteroatoms. The summed E-state index contributed by atoms with van der Waals surface area (Å²) in [6.07, 6.45) is -0.480. The van der Waals surface area contributed by atoms with E-state index in [4.69, 9.17) is 9.84 Å². The Morgan fingerprint density at radius 2 is 1.27 bits per heavy atom. The maximum absolute atomic E-state index is 12.7. The van der Waals surface area contributed by atoms with Crippen molar-refractivity contribution in [2.24, 2.45) is 5.41 Å². The Kier molecular flexibility index (Phi) is 6.49. The molecule has 0 unspecified atom stereocenters. The molecule has 0 radical (unpaired) electrons. The van der Waals surface area contributed by atoms with Gasteiger partial charge in [-0.3, -0.25) is 14.4 Å². The Morgan fingerprint density at radius 3 is 1.65 bits per heavy atom. The molecule has 0 spiro atoms. The lowest BCUT2D eigenvalue weighted by atomic mass is 9.76. The Hall–Kier alpha value is -3.15. The van der Waals surface area contributed by atoms with Crippen LogP contribution in [0.4, 0.5) is 0 Å². The summed E-state index contributed by atoms with van der Waals surface area (Å²) in [6.45, 7) is -0.368. The van der Waals surface area contributed by atoms with Crippen LogP contribution in [0.2, 0.25) is 0 Å². The molecule has 0 atom stereocenters. The number of esters is 1. The summed E-state index contributed by atoms with van der Waals surface area (Å²) < 4.78 is 5.02. The number of ether oxygens (including phenoxy) is 1. The van der Waals surface area contributed by atoms with Gasteiger partial charge in [0.25, 0.3) is 0 Å². The van der Waals surface area contributed by atoms with Crippen LogP contribution in [0.5, 0.6) is 0 Å². The second-order valence-electron chi connectivity index (χ2n) is 5.99. The number of carbonyl (C=O) groups excluding carboxylic acids is 1. The highest BCUT2D eigenvalue weighted by Gasteiger charge is 2.48. The van der Waals surface area contributed by atoms with E-state index in [1.54, 1.807) is 60.7 Å². The fraction of sp³-hybridized carbons (Fsp3) is 0.250. The van der Waals surface area contributed by atoms with Gasteiger partial charge in [0.1, 0.15) is 6.61 Å². The van der Waals surface area contributed by atoms with E-state index in [0.717, 1.165) is 0 Å². The molecular weight excluding hydrogens is 336 g/mol. The molecule has 26 heavy (non-hydrogen) atoms. The van der Waals surface area contributed by atoms with Crippen molar-refractivity contribution < 1.29 is 29.3 Å². The highest BCUT2D eigenvalue weighted by Crippen LogP contribution is 2.30. The van der Waals surface area contributed by atoms with Crippen LogP contribution < -0.4 is 0 Å². The molecule has 2 rings (SSSR count). The maximum atomic E-state index is 12.7. The van der Waals surface area contributed by atoms with E-state index in [1.807, 2.05) is 0 Å². The summed E-state index contributed by atoms with van der Waals surface area (Å²) in [6, 6.07) is 17.6. The second-order valence-corrected chi connectivity index (χ2v) is 5.99. The summed E-state index contributed by atoms with van der Waals surface area (Å²) in [4.78, 5) is 35.5. The molecule has 0 amide bonds. The average Bonchev–Trinajstić information content (AvgIpc) is 2.62.